The summed E-state index contributed by atoms with van der Waals surface area (Å²) in [4.78, 5) is 19.7. The van der Waals surface area contributed by atoms with Crippen molar-refractivity contribution in [2.75, 3.05) is 11.9 Å². The molecule has 0 saturated heterocycles. The van der Waals surface area contributed by atoms with Crippen LogP contribution in [0.2, 0.25) is 0 Å². The smallest absolute Gasteiger partial charge is 0.282 e. The molecule has 2 aromatic rings. The molecule has 0 radical (unpaired) electrons. The van der Waals surface area contributed by atoms with Crippen molar-refractivity contribution in [1.29, 1.82) is 0 Å². The van der Waals surface area contributed by atoms with Gasteiger partial charge in [0.2, 0.25) is 5.95 Å². The maximum absolute atomic E-state index is 13.0. The van der Waals surface area contributed by atoms with Crippen molar-refractivity contribution < 1.29 is 13.9 Å². The van der Waals surface area contributed by atoms with E-state index in [1.54, 1.807) is 12.1 Å². The van der Waals surface area contributed by atoms with E-state index in [0.717, 1.165) is 18.4 Å². The molecule has 0 saturated carbocycles. The third kappa shape index (κ3) is 4.07. The van der Waals surface area contributed by atoms with Gasteiger partial charge in [-0.2, -0.15) is 4.39 Å². The van der Waals surface area contributed by atoms with Gasteiger partial charge in [0, 0.05) is 5.69 Å². The van der Waals surface area contributed by atoms with Crippen LogP contribution in [-0.4, -0.2) is 29.6 Å². The van der Waals surface area contributed by atoms with Crippen LogP contribution < -0.4 is 11.1 Å². The Labute approximate surface area is 138 Å². The number of aliphatic imine (C=N–C) groups is 1. The van der Waals surface area contributed by atoms with Crippen LogP contribution in [0.5, 0.6) is 0 Å². The summed E-state index contributed by atoms with van der Waals surface area (Å²) < 4.78 is 18.2. The first-order valence-corrected chi connectivity index (χ1v) is 7.59. The summed E-state index contributed by atoms with van der Waals surface area (Å²) in [6.45, 7) is 0.528. The van der Waals surface area contributed by atoms with E-state index < -0.39 is 11.9 Å². The molecule has 0 aliphatic carbocycles. The number of halogens is 1. The molecule has 1 aromatic carbocycles. The van der Waals surface area contributed by atoms with E-state index in [2.05, 4.69) is 15.3 Å². The Hall–Kier alpha value is -2.96. The van der Waals surface area contributed by atoms with Crippen molar-refractivity contribution in [3.8, 4) is 0 Å². The number of nitrogens with two attached hydrogens (primary N) is 1. The molecule has 2 heterocycles. The van der Waals surface area contributed by atoms with Gasteiger partial charge in [0.1, 0.15) is 12.3 Å². The number of rotatable bonds is 5. The number of aromatic nitrogens is 1. The number of aryl methyl sites for hydroxylation is 1. The number of hydrogen-bond donors (Lipinski definition) is 2. The minimum atomic E-state index is -0.683. The highest BCUT2D eigenvalue weighted by atomic mass is 19.1. The van der Waals surface area contributed by atoms with Crippen molar-refractivity contribution in [2.45, 2.75) is 18.9 Å². The van der Waals surface area contributed by atoms with Crippen molar-refractivity contribution in [3.63, 3.8) is 0 Å². The second-order valence-electron chi connectivity index (χ2n) is 5.47. The normalized spacial score (nSPS) is 16.4. The number of ether oxygens (including phenoxy) is 1. The van der Waals surface area contributed by atoms with Gasteiger partial charge in [-0.05, 0) is 42.7 Å². The second-order valence-corrected chi connectivity index (χ2v) is 5.47. The van der Waals surface area contributed by atoms with Gasteiger partial charge in [-0.15, -0.1) is 0 Å². The molecule has 7 heteroatoms. The Balaban J connectivity index is 1.55. The van der Waals surface area contributed by atoms with Crippen LogP contribution in [0.25, 0.3) is 0 Å². The van der Waals surface area contributed by atoms with Crippen LogP contribution in [0.1, 0.15) is 22.5 Å². The van der Waals surface area contributed by atoms with Gasteiger partial charge < -0.3 is 15.8 Å². The molecule has 0 bridgehead atoms. The average Bonchev–Trinajstić information content (AvgIpc) is 3.00. The third-order valence-corrected chi connectivity index (χ3v) is 3.66. The molecule has 1 aliphatic heterocycles. The summed E-state index contributed by atoms with van der Waals surface area (Å²) in [5.41, 5.74) is 7.26. The van der Waals surface area contributed by atoms with Gasteiger partial charge in [0.05, 0.1) is 6.04 Å². The predicted octanol–water partition coefficient (Wildman–Crippen LogP) is 2.12. The van der Waals surface area contributed by atoms with E-state index in [4.69, 9.17) is 10.5 Å². The number of hydrogen-bond acceptors (Lipinski definition) is 5. The highest BCUT2D eigenvalue weighted by Crippen LogP contribution is 2.15. The summed E-state index contributed by atoms with van der Waals surface area (Å²) >= 11 is 0. The number of benzene rings is 1. The number of carbonyl (C=O) groups is 1. The van der Waals surface area contributed by atoms with Crippen molar-refractivity contribution in [2.24, 2.45) is 10.7 Å². The van der Waals surface area contributed by atoms with E-state index in [1.807, 2.05) is 12.1 Å². The molecule has 1 amide bonds. The fraction of sp³-hybridized carbons (Fsp3) is 0.235. The molecule has 24 heavy (non-hydrogen) atoms. The lowest BCUT2D eigenvalue weighted by molar-refractivity contribution is 0.102. The Morgan fingerprint density at radius 1 is 1.29 bits per heavy atom. The molecular formula is C17H17FN4O2. The zero-order valence-electron chi connectivity index (χ0n) is 12.9. The molecule has 1 atom stereocenters. The number of carbonyl (C=O) groups excluding carboxylic acids is 1. The van der Waals surface area contributed by atoms with E-state index in [0.29, 0.717) is 12.3 Å². The van der Waals surface area contributed by atoms with Gasteiger partial charge in [-0.25, -0.2) is 9.98 Å². The zero-order chi connectivity index (χ0) is 16.9. The minimum Gasteiger partial charge on any atom is -0.463 e. The third-order valence-electron chi connectivity index (χ3n) is 3.66. The molecule has 3 N–H and O–H groups in total. The average molecular weight is 328 g/mol. The van der Waals surface area contributed by atoms with Gasteiger partial charge >= 0.3 is 0 Å². The topological polar surface area (TPSA) is 89.6 Å². The Kier molecular flexibility index (Phi) is 4.69. The quantitative estimate of drug-likeness (QED) is 0.823. The second kappa shape index (κ2) is 7.08. The standard InChI is InChI=1S/C17H17FN4O2/c18-15-3-1-2-14(22-15)16(23)20-12-7-4-11(5-8-12)6-9-13-10-24-17(19)21-13/h1-5,7-8,13H,6,9-10H2,(H2,19,21)(H,20,23). The first-order valence-electron chi connectivity index (χ1n) is 7.59. The van der Waals surface area contributed by atoms with Gasteiger partial charge in [0.15, 0.2) is 0 Å². The molecule has 1 aromatic heterocycles. The van der Waals surface area contributed by atoms with Gasteiger partial charge in [0.25, 0.3) is 11.9 Å². The lowest BCUT2D eigenvalue weighted by Crippen LogP contribution is -2.14. The highest BCUT2D eigenvalue weighted by Gasteiger charge is 2.16. The number of pyridine rings is 1. The number of nitrogens with zero attached hydrogens (tertiary/aromatic N) is 2. The fourth-order valence-electron chi connectivity index (χ4n) is 2.40. The number of anilines is 1. The maximum atomic E-state index is 13.0. The lowest BCUT2D eigenvalue weighted by Gasteiger charge is -2.07. The SMILES string of the molecule is NC1=NC(CCc2ccc(NC(=O)c3cccc(F)n3)cc2)CO1. The van der Waals surface area contributed by atoms with E-state index in [1.165, 1.54) is 18.2 Å². The van der Waals surface area contributed by atoms with E-state index >= 15 is 0 Å². The largest absolute Gasteiger partial charge is 0.463 e. The Bertz CT molecular complexity index is 761. The van der Waals surface area contributed by atoms with Crippen LogP contribution in [-0.2, 0) is 11.2 Å². The zero-order valence-corrected chi connectivity index (χ0v) is 12.9. The van der Waals surface area contributed by atoms with Crippen LogP contribution in [0.4, 0.5) is 10.1 Å². The molecule has 124 valence electrons. The monoisotopic (exact) mass is 328 g/mol. The van der Waals surface area contributed by atoms with Crippen LogP contribution in [0, 0.1) is 5.95 Å². The van der Waals surface area contributed by atoms with E-state index in [-0.39, 0.29) is 17.8 Å². The fourth-order valence-corrected chi connectivity index (χ4v) is 2.40. The van der Waals surface area contributed by atoms with Crippen molar-refractivity contribution >= 4 is 17.6 Å². The lowest BCUT2D eigenvalue weighted by atomic mass is 10.1. The summed E-state index contributed by atoms with van der Waals surface area (Å²) in [6.07, 6.45) is 1.68. The van der Waals surface area contributed by atoms with Gasteiger partial charge in [-0.3, -0.25) is 4.79 Å². The maximum Gasteiger partial charge on any atom is 0.282 e. The molecular weight excluding hydrogens is 311 g/mol. The summed E-state index contributed by atoms with van der Waals surface area (Å²) in [5.74, 6) is -1.13. The molecule has 3 rings (SSSR count). The Morgan fingerprint density at radius 2 is 2.08 bits per heavy atom. The first-order chi connectivity index (χ1) is 11.6. The molecule has 0 fully saturated rings. The molecule has 1 aliphatic rings. The van der Waals surface area contributed by atoms with E-state index in [9.17, 15) is 9.18 Å². The first kappa shape index (κ1) is 15.9. The van der Waals surface area contributed by atoms with Crippen molar-refractivity contribution in [3.05, 3.63) is 59.7 Å². The van der Waals surface area contributed by atoms with Crippen molar-refractivity contribution in [1.82, 2.24) is 4.98 Å². The van der Waals surface area contributed by atoms with Gasteiger partial charge in [-0.1, -0.05) is 18.2 Å². The summed E-state index contributed by atoms with van der Waals surface area (Å²) in [6, 6.07) is 11.9. The molecule has 6 nitrogen and oxygen atoms in total. The minimum absolute atomic E-state index is 0.0377. The number of amides is 1. The Morgan fingerprint density at radius 3 is 2.75 bits per heavy atom. The van der Waals surface area contributed by atoms with Crippen LogP contribution in [0.3, 0.4) is 0 Å². The number of nitrogens with one attached hydrogen (secondary N) is 1. The van der Waals surface area contributed by atoms with Crippen LogP contribution >= 0.6 is 0 Å². The number of amidine groups is 1. The molecule has 0 spiro atoms. The molecule has 1 unspecified atom stereocenters. The van der Waals surface area contributed by atoms with Crippen LogP contribution in [0.15, 0.2) is 47.5 Å². The highest BCUT2D eigenvalue weighted by molar-refractivity contribution is 6.02. The summed E-state index contributed by atoms with van der Waals surface area (Å²) in [7, 11) is 0. The predicted molar refractivity (Wildman–Crippen MR) is 88.3 cm³/mol. The summed E-state index contributed by atoms with van der Waals surface area (Å²) in [5, 5.41) is 2.69.